The van der Waals surface area contributed by atoms with Crippen LogP contribution in [0, 0.1) is 5.92 Å². The number of hydrogen-bond acceptors (Lipinski definition) is 6. The molecule has 31 heavy (non-hydrogen) atoms. The van der Waals surface area contributed by atoms with E-state index in [1.54, 1.807) is 7.05 Å². The zero-order chi connectivity index (χ0) is 22.8. The van der Waals surface area contributed by atoms with Gasteiger partial charge in [0, 0.05) is 30.0 Å². The molecule has 0 radical (unpaired) electrons. The second-order valence-corrected chi connectivity index (χ2v) is 9.72. The highest BCUT2D eigenvalue weighted by molar-refractivity contribution is 5.78. The minimum absolute atomic E-state index is 0.0605. The lowest BCUT2D eigenvalue weighted by Crippen LogP contribution is -2.45. The molecule has 2 atom stereocenters. The van der Waals surface area contributed by atoms with Crippen LogP contribution in [0.1, 0.15) is 90.7 Å². The van der Waals surface area contributed by atoms with Crippen molar-refractivity contribution in [3.63, 3.8) is 0 Å². The van der Waals surface area contributed by atoms with E-state index in [1.807, 2.05) is 13.8 Å². The van der Waals surface area contributed by atoms with Crippen molar-refractivity contribution < 1.29 is 9.84 Å². The first-order valence-electron chi connectivity index (χ1n) is 11.7. The van der Waals surface area contributed by atoms with Gasteiger partial charge in [0.25, 0.3) is 0 Å². The number of nitrogens with zero attached hydrogens (tertiary/aromatic N) is 4. The third-order valence-corrected chi connectivity index (χ3v) is 6.47. The minimum atomic E-state index is -0.363. The van der Waals surface area contributed by atoms with Gasteiger partial charge in [-0.25, -0.2) is 0 Å². The third kappa shape index (κ3) is 4.68. The van der Waals surface area contributed by atoms with Crippen LogP contribution in [-0.4, -0.2) is 23.8 Å². The maximum Gasteiger partial charge on any atom is 0.155 e. The monoisotopic (exact) mass is 426 g/mol. The Morgan fingerprint density at radius 3 is 2.58 bits per heavy atom. The van der Waals surface area contributed by atoms with Crippen molar-refractivity contribution in [1.82, 2.24) is 0 Å². The van der Waals surface area contributed by atoms with Gasteiger partial charge in [0.15, 0.2) is 11.5 Å². The largest absolute Gasteiger partial charge is 0.505 e. The summed E-state index contributed by atoms with van der Waals surface area (Å²) in [6.07, 6.45) is 8.33. The van der Waals surface area contributed by atoms with Crippen LogP contribution in [-0.2, 0) is 6.42 Å². The molecule has 2 aliphatic rings. The van der Waals surface area contributed by atoms with E-state index in [2.05, 4.69) is 54.2 Å². The standard InChI is InChI=1S/C25H38N4O2/c1-8-9-10-11-17-21(28-26-7)23(30)20-18-14-16(4)12-13-19(18)25(5,6)31-24(20)22(17)29-27-15(2)3/h14-15,18-19,30H,8-13H2,1-7H3/t18-,19-/m1/s1. The highest BCUT2D eigenvalue weighted by atomic mass is 16.5. The molecule has 170 valence electrons. The molecular formula is C25H38N4O2. The number of phenolic OH excluding ortho intramolecular Hbond substituents is 1. The average molecular weight is 427 g/mol. The number of rotatable bonds is 7. The molecule has 1 heterocycles. The number of phenols is 1. The van der Waals surface area contributed by atoms with Gasteiger partial charge in [0.2, 0.25) is 0 Å². The van der Waals surface area contributed by atoms with E-state index in [9.17, 15) is 5.11 Å². The normalized spacial score (nSPS) is 22.5. The van der Waals surface area contributed by atoms with Gasteiger partial charge in [-0.05, 0) is 60.3 Å². The number of allylic oxidation sites excluding steroid dienone is 2. The summed E-state index contributed by atoms with van der Waals surface area (Å²) in [6.45, 7) is 12.7. The summed E-state index contributed by atoms with van der Waals surface area (Å²) in [4.78, 5) is 0. The average Bonchev–Trinajstić information content (AvgIpc) is 2.69. The van der Waals surface area contributed by atoms with Gasteiger partial charge in [-0.2, -0.15) is 20.5 Å². The molecule has 0 bridgehead atoms. The van der Waals surface area contributed by atoms with Crippen LogP contribution < -0.4 is 4.74 Å². The lowest BCUT2D eigenvalue weighted by atomic mass is 9.67. The zero-order valence-corrected chi connectivity index (χ0v) is 20.2. The van der Waals surface area contributed by atoms with E-state index in [1.165, 1.54) is 5.57 Å². The molecule has 0 aromatic heterocycles. The fraction of sp³-hybridized carbons (Fsp3) is 0.680. The lowest BCUT2D eigenvalue weighted by molar-refractivity contribution is 0.0113. The fourth-order valence-corrected chi connectivity index (χ4v) is 4.91. The van der Waals surface area contributed by atoms with Gasteiger partial charge in [0.1, 0.15) is 17.0 Å². The molecule has 0 saturated carbocycles. The molecule has 0 amide bonds. The Hall–Kier alpha value is -2.24. The molecule has 1 aromatic carbocycles. The van der Waals surface area contributed by atoms with Crippen molar-refractivity contribution in [2.45, 2.75) is 97.6 Å². The highest BCUT2D eigenvalue weighted by Crippen LogP contribution is 2.60. The molecular weight excluding hydrogens is 388 g/mol. The van der Waals surface area contributed by atoms with Crippen molar-refractivity contribution in [2.75, 3.05) is 7.05 Å². The van der Waals surface area contributed by atoms with E-state index in [4.69, 9.17) is 4.74 Å². The molecule has 1 aliphatic heterocycles. The maximum atomic E-state index is 11.5. The lowest BCUT2D eigenvalue weighted by Gasteiger charge is -2.47. The fourth-order valence-electron chi connectivity index (χ4n) is 4.91. The Balaban J connectivity index is 2.33. The topological polar surface area (TPSA) is 78.9 Å². The van der Waals surface area contributed by atoms with E-state index < -0.39 is 0 Å². The summed E-state index contributed by atoms with van der Waals surface area (Å²) >= 11 is 0. The van der Waals surface area contributed by atoms with Crippen molar-refractivity contribution in [1.29, 1.82) is 0 Å². The number of hydrogen-bond donors (Lipinski definition) is 1. The van der Waals surface area contributed by atoms with E-state index in [0.717, 1.165) is 49.7 Å². The first-order chi connectivity index (χ1) is 14.7. The SMILES string of the molecule is CCCCCc1c(N=NC)c(O)c2c(c1N=NC(C)C)OC(C)(C)[C@@H]1CCC(C)=C[C@@H]21. The van der Waals surface area contributed by atoms with Gasteiger partial charge in [-0.15, -0.1) is 0 Å². The van der Waals surface area contributed by atoms with Crippen molar-refractivity contribution in [3.05, 3.63) is 22.8 Å². The smallest absolute Gasteiger partial charge is 0.155 e. The number of unbranched alkanes of at least 4 members (excludes halogenated alkanes) is 2. The minimum Gasteiger partial charge on any atom is -0.505 e. The molecule has 0 spiro atoms. The number of ether oxygens (including phenoxy) is 1. The molecule has 1 N–H and O–H groups in total. The van der Waals surface area contributed by atoms with Crippen LogP contribution in [0.15, 0.2) is 32.1 Å². The van der Waals surface area contributed by atoms with Crippen LogP contribution in [0.4, 0.5) is 11.4 Å². The van der Waals surface area contributed by atoms with Crippen LogP contribution in [0.25, 0.3) is 0 Å². The van der Waals surface area contributed by atoms with Gasteiger partial charge in [-0.3, -0.25) is 0 Å². The third-order valence-electron chi connectivity index (χ3n) is 6.47. The van der Waals surface area contributed by atoms with Crippen LogP contribution in [0.3, 0.4) is 0 Å². The van der Waals surface area contributed by atoms with E-state index >= 15 is 0 Å². The summed E-state index contributed by atoms with van der Waals surface area (Å²) in [5.41, 5.74) is 3.89. The van der Waals surface area contributed by atoms with Crippen molar-refractivity contribution in [2.24, 2.45) is 26.4 Å². The molecule has 0 unspecified atom stereocenters. The summed E-state index contributed by atoms with van der Waals surface area (Å²) in [5, 5.41) is 29.0. The molecule has 6 heteroatoms. The van der Waals surface area contributed by atoms with Gasteiger partial charge >= 0.3 is 0 Å². The maximum absolute atomic E-state index is 11.5. The van der Waals surface area contributed by atoms with Crippen molar-refractivity contribution in [3.8, 4) is 11.5 Å². The zero-order valence-electron chi connectivity index (χ0n) is 20.2. The first kappa shape index (κ1) is 23.4. The number of aromatic hydroxyl groups is 1. The van der Waals surface area contributed by atoms with Crippen LogP contribution in [0.2, 0.25) is 0 Å². The van der Waals surface area contributed by atoms with Gasteiger partial charge in [0.05, 0.1) is 6.04 Å². The van der Waals surface area contributed by atoms with Crippen molar-refractivity contribution >= 4 is 11.4 Å². The Bertz CT molecular complexity index is 900. The van der Waals surface area contributed by atoms with Crippen LogP contribution in [0.5, 0.6) is 11.5 Å². The van der Waals surface area contributed by atoms with E-state index in [0.29, 0.717) is 17.1 Å². The Kier molecular flexibility index (Phi) is 7.17. The summed E-state index contributed by atoms with van der Waals surface area (Å²) in [6, 6.07) is 0.0605. The quantitative estimate of drug-likeness (QED) is 0.273. The molecule has 0 saturated heterocycles. The number of fused-ring (bicyclic) bond motifs is 3. The molecule has 1 aliphatic carbocycles. The molecule has 0 fully saturated rings. The highest BCUT2D eigenvalue weighted by Gasteiger charge is 2.47. The second kappa shape index (κ2) is 9.49. The Labute approximate surface area is 186 Å². The predicted octanol–water partition coefficient (Wildman–Crippen LogP) is 7.94. The molecule has 3 rings (SSSR count). The summed E-state index contributed by atoms with van der Waals surface area (Å²) < 4.78 is 6.63. The van der Waals surface area contributed by atoms with Crippen LogP contribution >= 0.6 is 0 Å². The second-order valence-electron chi connectivity index (χ2n) is 9.72. The Morgan fingerprint density at radius 1 is 1.19 bits per heavy atom. The molecule has 1 aromatic rings. The van der Waals surface area contributed by atoms with E-state index in [-0.39, 0.29) is 29.2 Å². The van der Waals surface area contributed by atoms with Gasteiger partial charge in [-0.1, -0.05) is 31.4 Å². The summed E-state index contributed by atoms with van der Waals surface area (Å²) in [5.74, 6) is 1.20. The summed E-state index contributed by atoms with van der Waals surface area (Å²) in [7, 11) is 1.64. The Morgan fingerprint density at radius 2 is 1.94 bits per heavy atom. The predicted molar refractivity (Wildman–Crippen MR) is 125 cm³/mol. The number of benzene rings is 1. The first-order valence-corrected chi connectivity index (χ1v) is 11.7. The van der Waals surface area contributed by atoms with Gasteiger partial charge < -0.3 is 9.84 Å². The number of azo groups is 2. The molecule has 6 nitrogen and oxygen atoms in total.